The van der Waals surface area contributed by atoms with Crippen LogP contribution in [0.15, 0.2) is 0 Å². The predicted octanol–water partition coefficient (Wildman–Crippen LogP) is 1.26. The van der Waals surface area contributed by atoms with Crippen molar-refractivity contribution in [1.29, 1.82) is 0 Å². The summed E-state index contributed by atoms with van der Waals surface area (Å²) in [5, 5.41) is 8.75. The van der Waals surface area contributed by atoms with E-state index in [2.05, 4.69) is 9.97 Å². The minimum atomic E-state index is -1.13. The van der Waals surface area contributed by atoms with Crippen LogP contribution in [0.1, 0.15) is 47.1 Å². The molecule has 5 heteroatoms. The Kier molecular flexibility index (Phi) is 1.92. The second-order valence-electron chi connectivity index (χ2n) is 4.66. The molecule has 0 bridgehead atoms. The molecular formula is C10H12N2O3. The van der Waals surface area contributed by atoms with E-state index in [0.717, 1.165) is 0 Å². The Labute approximate surface area is 86.5 Å². The van der Waals surface area contributed by atoms with Gasteiger partial charge in [-0.1, -0.05) is 13.8 Å². The quantitative estimate of drug-likeness (QED) is 0.727. The summed E-state index contributed by atoms with van der Waals surface area (Å²) in [7, 11) is 0. The normalized spacial score (nSPS) is 18.7. The number of carbonyl (C=O) groups excluding carboxylic acids is 1. The maximum Gasteiger partial charge on any atom is 0.371 e. The number of carboxylic acid groups (broad SMARTS) is 1. The average molecular weight is 208 g/mol. The molecule has 0 saturated heterocycles. The van der Waals surface area contributed by atoms with E-state index in [4.69, 9.17) is 5.11 Å². The average Bonchev–Trinajstić information content (AvgIpc) is 2.45. The summed E-state index contributed by atoms with van der Waals surface area (Å²) in [5.74, 6) is -1.36. The number of rotatable bonds is 1. The summed E-state index contributed by atoms with van der Waals surface area (Å²) in [6, 6.07) is 0. The lowest BCUT2D eigenvalue weighted by molar-refractivity contribution is 0.0684. The lowest BCUT2D eigenvalue weighted by Gasteiger charge is -2.27. The smallest absolute Gasteiger partial charge is 0.371 e. The topological polar surface area (TPSA) is 83.1 Å². The standard InChI is InChI=1S/C10H12N2O3/c1-10(2)3-5-7(6(13)4-10)12-8(11-5)9(14)15/h3-4H2,1-2H3,(H,11,12)(H,14,15). The summed E-state index contributed by atoms with van der Waals surface area (Å²) < 4.78 is 0. The van der Waals surface area contributed by atoms with E-state index < -0.39 is 5.97 Å². The van der Waals surface area contributed by atoms with Crippen molar-refractivity contribution in [2.24, 2.45) is 5.41 Å². The molecule has 0 aromatic carbocycles. The highest BCUT2D eigenvalue weighted by Gasteiger charge is 2.34. The molecule has 0 amide bonds. The zero-order valence-electron chi connectivity index (χ0n) is 8.63. The second kappa shape index (κ2) is 2.92. The van der Waals surface area contributed by atoms with Gasteiger partial charge in [0.1, 0.15) is 5.69 Å². The van der Waals surface area contributed by atoms with Crippen LogP contribution in [0.4, 0.5) is 0 Å². The van der Waals surface area contributed by atoms with Gasteiger partial charge in [0, 0.05) is 12.1 Å². The number of H-pyrrole nitrogens is 1. The van der Waals surface area contributed by atoms with Gasteiger partial charge in [-0.2, -0.15) is 0 Å². The number of fused-ring (bicyclic) bond motifs is 1. The zero-order chi connectivity index (χ0) is 11.2. The number of ketones is 1. The van der Waals surface area contributed by atoms with E-state index >= 15 is 0 Å². The largest absolute Gasteiger partial charge is 0.475 e. The highest BCUT2D eigenvalue weighted by atomic mass is 16.4. The highest BCUT2D eigenvalue weighted by molar-refractivity contribution is 5.98. The summed E-state index contributed by atoms with van der Waals surface area (Å²) in [6.45, 7) is 3.96. The Morgan fingerprint density at radius 3 is 2.73 bits per heavy atom. The van der Waals surface area contributed by atoms with Crippen molar-refractivity contribution in [2.75, 3.05) is 0 Å². The van der Waals surface area contributed by atoms with Gasteiger partial charge in [-0.25, -0.2) is 9.78 Å². The third kappa shape index (κ3) is 1.65. The number of imidazole rings is 1. The van der Waals surface area contributed by atoms with Crippen molar-refractivity contribution in [3.8, 4) is 0 Å². The summed E-state index contributed by atoms with van der Waals surface area (Å²) in [6.07, 6.45) is 1.08. The minimum Gasteiger partial charge on any atom is -0.475 e. The molecule has 0 atom stereocenters. The lowest BCUT2D eigenvalue weighted by Crippen LogP contribution is -2.26. The van der Waals surface area contributed by atoms with E-state index in [-0.39, 0.29) is 17.0 Å². The van der Waals surface area contributed by atoms with Crippen LogP contribution in [0.3, 0.4) is 0 Å². The molecule has 80 valence electrons. The van der Waals surface area contributed by atoms with Crippen LogP contribution in [-0.4, -0.2) is 26.8 Å². The van der Waals surface area contributed by atoms with E-state index in [9.17, 15) is 9.59 Å². The number of aromatic carboxylic acids is 1. The highest BCUT2D eigenvalue weighted by Crippen LogP contribution is 2.33. The molecule has 1 aromatic heterocycles. The van der Waals surface area contributed by atoms with Crippen LogP contribution in [-0.2, 0) is 6.42 Å². The minimum absolute atomic E-state index is 0.0787. The summed E-state index contributed by atoms with van der Waals surface area (Å²) in [4.78, 5) is 28.8. The lowest BCUT2D eigenvalue weighted by atomic mass is 9.77. The van der Waals surface area contributed by atoms with Crippen LogP contribution in [0.5, 0.6) is 0 Å². The molecular weight excluding hydrogens is 196 g/mol. The number of hydrogen-bond acceptors (Lipinski definition) is 3. The van der Waals surface area contributed by atoms with Gasteiger partial charge in [0.05, 0.1) is 0 Å². The van der Waals surface area contributed by atoms with Crippen molar-refractivity contribution < 1.29 is 14.7 Å². The summed E-state index contributed by atoms with van der Waals surface area (Å²) >= 11 is 0. The fourth-order valence-electron chi connectivity index (χ4n) is 1.93. The van der Waals surface area contributed by atoms with Gasteiger partial charge in [0.25, 0.3) is 0 Å². The van der Waals surface area contributed by atoms with Crippen molar-refractivity contribution >= 4 is 11.8 Å². The van der Waals surface area contributed by atoms with Crippen molar-refractivity contribution in [2.45, 2.75) is 26.7 Å². The molecule has 0 saturated carbocycles. The maximum absolute atomic E-state index is 11.7. The fraction of sp³-hybridized carbons (Fsp3) is 0.500. The second-order valence-corrected chi connectivity index (χ2v) is 4.66. The molecule has 1 aliphatic carbocycles. The molecule has 2 rings (SSSR count). The number of carbonyl (C=O) groups is 2. The molecule has 15 heavy (non-hydrogen) atoms. The molecule has 1 heterocycles. The Morgan fingerprint density at radius 2 is 2.13 bits per heavy atom. The van der Waals surface area contributed by atoms with Gasteiger partial charge in [0.15, 0.2) is 5.78 Å². The van der Waals surface area contributed by atoms with Crippen LogP contribution in [0, 0.1) is 5.41 Å². The van der Waals surface area contributed by atoms with E-state index in [1.54, 1.807) is 0 Å². The Morgan fingerprint density at radius 1 is 1.47 bits per heavy atom. The first-order valence-corrected chi connectivity index (χ1v) is 4.74. The Bertz CT molecular complexity index is 446. The first-order chi connectivity index (χ1) is 6.89. The molecule has 0 aliphatic heterocycles. The first kappa shape index (κ1) is 9.89. The molecule has 2 N–H and O–H groups in total. The van der Waals surface area contributed by atoms with E-state index in [0.29, 0.717) is 24.2 Å². The number of nitrogens with one attached hydrogen (secondary N) is 1. The molecule has 0 fully saturated rings. The first-order valence-electron chi connectivity index (χ1n) is 4.74. The third-order valence-electron chi connectivity index (χ3n) is 2.54. The maximum atomic E-state index is 11.7. The Hall–Kier alpha value is -1.65. The fourth-order valence-corrected chi connectivity index (χ4v) is 1.93. The molecule has 0 unspecified atom stereocenters. The van der Waals surface area contributed by atoms with E-state index in [1.165, 1.54) is 0 Å². The molecule has 1 aliphatic rings. The van der Waals surface area contributed by atoms with Crippen molar-refractivity contribution in [3.63, 3.8) is 0 Å². The van der Waals surface area contributed by atoms with Gasteiger partial charge in [0.2, 0.25) is 5.82 Å². The van der Waals surface area contributed by atoms with Crippen LogP contribution in [0.25, 0.3) is 0 Å². The van der Waals surface area contributed by atoms with Crippen LogP contribution >= 0.6 is 0 Å². The number of carboxylic acids is 1. The molecule has 5 nitrogen and oxygen atoms in total. The number of aromatic amines is 1. The zero-order valence-corrected chi connectivity index (χ0v) is 8.63. The van der Waals surface area contributed by atoms with Gasteiger partial charge in [-0.05, 0) is 11.8 Å². The number of aromatic nitrogens is 2. The Balaban J connectivity index is 2.47. The van der Waals surface area contributed by atoms with Crippen LogP contribution < -0.4 is 0 Å². The van der Waals surface area contributed by atoms with Gasteiger partial charge >= 0.3 is 5.97 Å². The van der Waals surface area contributed by atoms with Crippen molar-refractivity contribution in [3.05, 3.63) is 17.2 Å². The third-order valence-corrected chi connectivity index (χ3v) is 2.54. The van der Waals surface area contributed by atoms with Crippen LogP contribution in [0.2, 0.25) is 0 Å². The monoisotopic (exact) mass is 208 g/mol. The van der Waals surface area contributed by atoms with Gasteiger partial charge in [-0.15, -0.1) is 0 Å². The van der Waals surface area contributed by atoms with Crippen molar-refractivity contribution in [1.82, 2.24) is 9.97 Å². The van der Waals surface area contributed by atoms with Gasteiger partial charge in [-0.3, -0.25) is 4.79 Å². The number of Topliss-reactive ketones (excluding diaryl/α,β-unsaturated/α-hetero) is 1. The molecule has 0 spiro atoms. The number of nitrogens with zero attached hydrogens (tertiary/aromatic N) is 1. The molecule has 1 aromatic rings. The molecule has 0 radical (unpaired) electrons. The predicted molar refractivity (Wildman–Crippen MR) is 52.0 cm³/mol. The van der Waals surface area contributed by atoms with Gasteiger partial charge < -0.3 is 10.1 Å². The number of hydrogen-bond donors (Lipinski definition) is 2. The summed E-state index contributed by atoms with van der Waals surface area (Å²) in [5.41, 5.74) is 0.826. The van der Waals surface area contributed by atoms with E-state index in [1.807, 2.05) is 13.8 Å². The SMILES string of the molecule is CC1(C)CC(=O)c2nc(C(=O)O)[nH]c2C1.